The summed E-state index contributed by atoms with van der Waals surface area (Å²) in [6, 6.07) is 9.90. The van der Waals surface area contributed by atoms with Crippen molar-refractivity contribution >= 4 is 11.9 Å². The van der Waals surface area contributed by atoms with Crippen LogP contribution in [0.15, 0.2) is 24.3 Å². The fraction of sp³-hybridized carbons (Fsp3) is 0.500. The predicted molar refractivity (Wildman–Crippen MR) is 89.3 cm³/mol. The standard InChI is InChI=1S/C16H19N3O.C2HF3O2/c1-12-9-19(11-16(12)5-6-18-15(16)20)10-14-4-2-3-13(7-14)8-17;3-2(4,5)1(6)7/h2-4,7,12H,5-6,9-11H2,1H3,(H,18,20);(H,6,7)/t12-,16-;/m1./s1. The van der Waals surface area contributed by atoms with Gasteiger partial charge in [-0.2, -0.15) is 18.4 Å². The van der Waals surface area contributed by atoms with Gasteiger partial charge in [0.25, 0.3) is 0 Å². The number of hydrogen-bond donors (Lipinski definition) is 2. The van der Waals surface area contributed by atoms with Gasteiger partial charge in [0.05, 0.1) is 17.0 Å². The van der Waals surface area contributed by atoms with E-state index in [4.69, 9.17) is 15.2 Å². The van der Waals surface area contributed by atoms with Crippen LogP contribution in [0.2, 0.25) is 0 Å². The molecule has 9 heteroatoms. The molecule has 0 aliphatic carbocycles. The normalized spacial score (nSPS) is 24.9. The van der Waals surface area contributed by atoms with Gasteiger partial charge in [0.2, 0.25) is 5.91 Å². The van der Waals surface area contributed by atoms with Crippen LogP contribution in [0.25, 0.3) is 0 Å². The molecule has 0 unspecified atom stereocenters. The Labute approximate surface area is 154 Å². The quantitative estimate of drug-likeness (QED) is 0.816. The molecule has 2 atom stereocenters. The summed E-state index contributed by atoms with van der Waals surface area (Å²) in [7, 11) is 0. The zero-order valence-electron chi connectivity index (χ0n) is 14.7. The largest absolute Gasteiger partial charge is 0.490 e. The summed E-state index contributed by atoms with van der Waals surface area (Å²) in [6.07, 6.45) is -4.14. The molecule has 2 heterocycles. The van der Waals surface area contributed by atoms with E-state index in [1.165, 1.54) is 0 Å². The van der Waals surface area contributed by atoms with Crippen LogP contribution in [0.4, 0.5) is 13.2 Å². The average molecular weight is 383 g/mol. The third-order valence-electron chi connectivity index (χ3n) is 4.99. The molecular weight excluding hydrogens is 363 g/mol. The van der Waals surface area contributed by atoms with Gasteiger partial charge in [-0.15, -0.1) is 0 Å². The van der Waals surface area contributed by atoms with Crippen LogP contribution in [0.1, 0.15) is 24.5 Å². The number of rotatable bonds is 2. The van der Waals surface area contributed by atoms with Crippen molar-refractivity contribution in [1.82, 2.24) is 10.2 Å². The minimum absolute atomic E-state index is 0.188. The van der Waals surface area contributed by atoms with Gasteiger partial charge >= 0.3 is 12.1 Å². The first-order chi connectivity index (χ1) is 12.6. The van der Waals surface area contributed by atoms with Crippen molar-refractivity contribution < 1.29 is 27.9 Å². The van der Waals surface area contributed by atoms with E-state index in [-0.39, 0.29) is 11.3 Å². The SMILES string of the molecule is C[C@@H]1CN(Cc2cccc(C#N)c2)C[C@]12CCNC2=O.O=C(O)C(F)(F)F. The second kappa shape index (κ2) is 7.96. The van der Waals surface area contributed by atoms with Crippen LogP contribution in [0, 0.1) is 22.7 Å². The topological polar surface area (TPSA) is 93.4 Å². The van der Waals surface area contributed by atoms with E-state index >= 15 is 0 Å². The third kappa shape index (κ3) is 4.77. The fourth-order valence-corrected chi connectivity index (χ4v) is 3.61. The molecule has 1 amide bonds. The zero-order valence-corrected chi connectivity index (χ0v) is 14.7. The highest BCUT2D eigenvalue weighted by atomic mass is 19.4. The van der Waals surface area contributed by atoms with E-state index in [1.54, 1.807) is 0 Å². The van der Waals surface area contributed by atoms with Crippen LogP contribution < -0.4 is 5.32 Å². The second-order valence-electron chi connectivity index (χ2n) is 6.85. The van der Waals surface area contributed by atoms with Gasteiger partial charge in [-0.05, 0) is 30.0 Å². The number of hydrogen-bond acceptors (Lipinski definition) is 4. The minimum Gasteiger partial charge on any atom is -0.475 e. The Morgan fingerprint density at radius 1 is 1.48 bits per heavy atom. The van der Waals surface area contributed by atoms with Crippen LogP contribution in [0.5, 0.6) is 0 Å². The molecule has 2 N–H and O–H groups in total. The fourth-order valence-electron chi connectivity index (χ4n) is 3.61. The van der Waals surface area contributed by atoms with Gasteiger partial charge < -0.3 is 10.4 Å². The molecule has 27 heavy (non-hydrogen) atoms. The highest BCUT2D eigenvalue weighted by Gasteiger charge is 2.52. The monoisotopic (exact) mass is 383 g/mol. The van der Waals surface area contributed by atoms with E-state index in [9.17, 15) is 18.0 Å². The van der Waals surface area contributed by atoms with Gasteiger partial charge in [0, 0.05) is 26.2 Å². The number of carboxylic acids is 1. The molecule has 3 rings (SSSR count). The average Bonchev–Trinajstić information content (AvgIpc) is 3.11. The van der Waals surface area contributed by atoms with E-state index in [2.05, 4.69) is 23.2 Å². The number of halogens is 3. The smallest absolute Gasteiger partial charge is 0.475 e. The van der Waals surface area contributed by atoms with Crippen molar-refractivity contribution in [2.45, 2.75) is 26.1 Å². The Morgan fingerprint density at radius 3 is 2.67 bits per heavy atom. The summed E-state index contributed by atoms with van der Waals surface area (Å²) in [5.74, 6) is -2.14. The van der Waals surface area contributed by atoms with Crippen LogP contribution in [-0.2, 0) is 16.1 Å². The highest BCUT2D eigenvalue weighted by Crippen LogP contribution is 2.42. The third-order valence-corrected chi connectivity index (χ3v) is 4.99. The molecule has 6 nitrogen and oxygen atoms in total. The molecule has 0 bridgehead atoms. The lowest BCUT2D eigenvalue weighted by Crippen LogP contribution is -2.37. The van der Waals surface area contributed by atoms with Crippen molar-refractivity contribution in [1.29, 1.82) is 5.26 Å². The Hall–Kier alpha value is -2.60. The van der Waals surface area contributed by atoms with Gasteiger partial charge in [-0.1, -0.05) is 19.1 Å². The number of nitrogens with zero attached hydrogens (tertiary/aromatic N) is 2. The summed E-state index contributed by atoms with van der Waals surface area (Å²) >= 11 is 0. The molecule has 1 spiro atoms. The van der Waals surface area contributed by atoms with Crippen LogP contribution in [-0.4, -0.2) is 47.7 Å². The number of nitriles is 1. The number of nitrogens with one attached hydrogen (secondary N) is 1. The van der Waals surface area contributed by atoms with Crippen molar-refractivity contribution in [3.05, 3.63) is 35.4 Å². The van der Waals surface area contributed by atoms with E-state index in [0.29, 0.717) is 11.5 Å². The number of carbonyl (C=O) groups excluding carboxylic acids is 1. The van der Waals surface area contributed by atoms with Crippen LogP contribution >= 0.6 is 0 Å². The Morgan fingerprint density at radius 2 is 2.15 bits per heavy atom. The van der Waals surface area contributed by atoms with E-state index in [1.807, 2.05) is 24.3 Å². The first-order valence-electron chi connectivity index (χ1n) is 8.38. The van der Waals surface area contributed by atoms with E-state index in [0.717, 1.165) is 38.2 Å². The Bertz CT molecular complexity index is 760. The van der Waals surface area contributed by atoms with Gasteiger partial charge in [0.15, 0.2) is 0 Å². The number of aliphatic carboxylic acids is 1. The molecule has 0 radical (unpaired) electrons. The summed E-state index contributed by atoms with van der Waals surface area (Å²) in [6.45, 7) is 5.58. The molecule has 2 aliphatic heterocycles. The molecule has 2 aliphatic rings. The summed E-state index contributed by atoms with van der Waals surface area (Å²) < 4.78 is 31.7. The minimum atomic E-state index is -5.08. The first-order valence-corrected chi connectivity index (χ1v) is 8.38. The van der Waals surface area contributed by atoms with Gasteiger partial charge in [-0.3, -0.25) is 9.69 Å². The number of alkyl halides is 3. The molecule has 0 aromatic heterocycles. The number of amides is 1. The zero-order chi connectivity index (χ0) is 20.2. The maximum absolute atomic E-state index is 12.1. The predicted octanol–water partition coefficient (Wildman–Crippen LogP) is 2.15. The molecule has 146 valence electrons. The van der Waals surface area contributed by atoms with Crippen molar-refractivity contribution in [3.8, 4) is 6.07 Å². The van der Waals surface area contributed by atoms with Crippen molar-refractivity contribution in [2.24, 2.45) is 11.3 Å². The lowest BCUT2D eigenvalue weighted by atomic mass is 9.78. The Balaban J connectivity index is 0.000000321. The first kappa shape index (κ1) is 20.7. The van der Waals surface area contributed by atoms with Gasteiger partial charge in [-0.25, -0.2) is 4.79 Å². The molecule has 2 fully saturated rings. The number of likely N-dealkylation sites (tertiary alicyclic amines) is 1. The maximum Gasteiger partial charge on any atom is 0.490 e. The van der Waals surface area contributed by atoms with Crippen molar-refractivity contribution in [3.63, 3.8) is 0 Å². The number of carboxylic acid groups (broad SMARTS) is 1. The lowest BCUT2D eigenvalue weighted by molar-refractivity contribution is -0.192. The molecular formula is C18H20F3N3O3. The lowest BCUT2D eigenvalue weighted by Gasteiger charge is -2.24. The van der Waals surface area contributed by atoms with Crippen molar-refractivity contribution in [2.75, 3.05) is 19.6 Å². The summed E-state index contributed by atoms with van der Waals surface area (Å²) in [5.41, 5.74) is 1.65. The molecule has 1 aromatic rings. The second-order valence-corrected chi connectivity index (χ2v) is 6.85. The Kier molecular flexibility index (Phi) is 6.11. The summed E-state index contributed by atoms with van der Waals surface area (Å²) in [4.78, 5) is 23.4. The molecule has 1 aromatic carbocycles. The number of benzene rings is 1. The molecule has 0 saturated carbocycles. The maximum atomic E-state index is 12.1. The highest BCUT2D eigenvalue weighted by molar-refractivity contribution is 5.85. The number of carbonyl (C=O) groups is 2. The van der Waals surface area contributed by atoms with Gasteiger partial charge in [0.1, 0.15) is 0 Å². The molecule has 2 saturated heterocycles. The van der Waals surface area contributed by atoms with E-state index < -0.39 is 12.1 Å². The summed E-state index contributed by atoms with van der Waals surface area (Å²) in [5, 5.41) is 19.1. The van der Waals surface area contributed by atoms with Crippen LogP contribution in [0.3, 0.4) is 0 Å².